The van der Waals surface area contributed by atoms with Gasteiger partial charge in [-0.2, -0.15) is 0 Å². The molecule has 1 aromatic heterocycles. The molecule has 0 spiro atoms. The number of benzene rings is 5. The summed E-state index contributed by atoms with van der Waals surface area (Å²) in [7, 11) is 3.09. The van der Waals surface area contributed by atoms with E-state index in [1.807, 2.05) is 84.9 Å². The van der Waals surface area contributed by atoms with Gasteiger partial charge in [0.1, 0.15) is 34.0 Å². The Morgan fingerprint density at radius 1 is 0.712 bits per heavy atom. The van der Waals surface area contributed by atoms with E-state index in [1.54, 1.807) is 67.8 Å². The fourth-order valence-corrected chi connectivity index (χ4v) is 6.26. The molecule has 9 nitrogen and oxygen atoms in total. The predicted molar refractivity (Wildman–Crippen MR) is 204 cm³/mol. The quantitative estimate of drug-likeness (QED) is 0.0810. The molecule has 10 heteroatoms. The molecule has 1 unspecified atom stereocenters. The number of hydrogen-bond donors (Lipinski definition) is 3. The van der Waals surface area contributed by atoms with Crippen LogP contribution in [0.25, 0.3) is 17.4 Å². The molecule has 5 aromatic carbocycles. The Kier molecular flexibility index (Phi) is 11.5. The molecule has 0 aliphatic rings. The number of methoxy groups -OCH3 is 2. The Labute approximate surface area is 305 Å². The highest BCUT2D eigenvalue weighted by Crippen LogP contribution is 2.38. The number of carbonyl (C=O) groups is 3. The number of carbonyl (C=O) groups excluding carboxylic acids is 3. The maximum absolute atomic E-state index is 13.8. The molecule has 6 rings (SSSR count). The molecule has 0 bridgehead atoms. The van der Waals surface area contributed by atoms with Gasteiger partial charge in [-0.15, -0.1) is 11.8 Å². The van der Waals surface area contributed by atoms with E-state index in [1.165, 1.54) is 24.9 Å². The third kappa shape index (κ3) is 8.98. The van der Waals surface area contributed by atoms with E-state index in [4.69, 9.17) is 13.9 Å². The van der Waals surface area contributed by atoms with Crippen molar-refractivity contribution in [3.05, 3.63) is 168 Å². The molecule has 0 saturated heterocycles. The van der Waals surface area contributed by atoms with Gasteiger partial charge >= 0.3 is 0 Å². The predicted octanol–water partition coefficient (Wildman–Crippen LogP) is 8.85. The van der Waals surface area contributed by atoms with Crippen molar-refractivity contribution in [1.29, 1.82) is 0 Å². The molecule has 0 saturated carbocycles. The van der Waals surface area contributed by atoms with E-state index in [0.717, 1.165) is 16.0 Å². The molecule has 0 fully saturated rings. The lowest BCUT2D eigenvalue weighted by atomic mass is 10.1. The summed E-state index contributed by atoms with van der Waals surface area (Å²) in [5, 5.41) is 7.99. The van der Waals surface area contributed by atoms with E-state index in [-0.39, 0.29) is 11.6 Å². The third-order valence-corrected chi connectivity index (χ3v) is 9.14. The molecule has 1 heterocycles. The minimum absolute atomic E-state index is 0.00458. The van der Waals surface area contributed by atoms with Crippen LogP contribution < -0.4 is 25.4 Å². The number of ether oxygens (including phenoxy) is 2. The van der Waals surface area contributed by atoms with Crippen LogP contribution in [0.3, 0.4) is 0 Å². The van der Waals surface area contributed by atoms with Gasteiger partial charge in [0.15, 0.2) is 0 Å². The molecule has 0 aliphatic carbocycles. The van der Waals surface area contributed by atoms with Gasteiger partial charge in [0.05, 0.1) is 19.9 Å². The molecule has 0 aliphatic heterocycles. The molecule has 0 radical (unpaired) electrons. The smallest absolute Gasteiger partial charge is 0.272 e. The van der Waals surface area contributed by atoms with Gasteiger partial charge in [-0.1, -0.05) is 78.9 Å². The van der Waals surface area contributed by atoms with Crippen molar-refractivity contribution >= 4 is 46.9 Å². The number of rotatable bonds is 13. The summed E-state index contributed by atoms with van der Waals surface area (Å²) in [4.78, 5) is 41.3. The van der Waals surface area contributed by atoms with Crippen molar-refractivity contribution in [3.8, 4) is 22.8 Å². The van der Waals surface area contributed by atoms with Gasteiger partial charge in [0.25, 0.3) is 11.8 Å². The standard InChI is InChI=1S/C42H35N3O6S/c1-49-32-20-25-38(50-2)35(26-32)44-42(48)39(29-14-8-4-9-15-29)52-34-22-18-31(19-23-34)43-41(47)36(45-40(46)30-16-10-5-11-17-30)27-33-21-24-37(51-33)28-12-6-3-7-13-28/h3-27,39H,1-2H3,(H,43,47)(H,44,48)(H,45,46)/b36-27+. The Balaban J connectivity index is 1.20. The Bertz CT molecular complexity index is 2170. The number of hydrogen-bond acceptors (Lipinski definition) is 7. The second-order valence-corrected chi connectivity index (χ2v) is 12.6. The topological polar surface area (TPSA) is 119 Å². The van der Waals surface area contributed by atoms with E-state index in [2.05, 4.69) is 16.0 Å². The van der Waals surface area contributed by atoms with Gasteiger partial charge in [0.2, 0.25) is 5.91 Å². The summed E-state index contributed by atoms with van der Waals surface area (Å²) in [6.07, 6.45) is 1.49. The Morgan fingerprint density at radius 3 is 2.06 bits per heavy atom. The van der Waals surface area contributed by atoms with Crippen molar-refractivity contribution in [2.24, 2.45) is 0 Å². The van der Waals surface area contributed by atoms with Crippen molar-refractivity contribution in [2.45, 2.75) is 10.1 Å². The zero-order valence-electron chi connectivity index (χ0n) is 28.4. The van der Waals surface area contributed by atoms with Gasteiger partial charge in [-0.25, -0.2) is 0 Å². The maximum Gasteiger partial charge on any atom is 0.272 e. The van der Waals surface area contributed by atoms with Crippen LogP contribution in [0.4, 0.5) is 11.4 Å². The normalized spacial score (nSPS) is 11.6. The van der Waals surface area contributed by atoms with Gasteiger partial charge in [-0.3, -0.25) is 14.4 Å². The largest absolute Gasteiger partial charge is 0.497 e. The van der Waals surface area contributed by atoms with Crippen LogP contribution >= 0.6 is 11.8 Å². The Morgan fingerprint density at radius 2 is 1.38 bits per heavy atom. The highest BCUT2D eigenvalue weighted by Gasteiger charge is 2.24. The van der Waals surface area contributed by atoms with Crippen LogP contribution in [0.1, 0.15) is 26.9 Å². The van der Waals surface area contributed by atoms with E-state index in [0.29, 0.717) is 40.0 Å². The van der Waals surface area contributed by atoms with Gasteiger partial charge in [0, 0.05) is 33.9 Å². The second-order valence-electron chi connectivity index (χ2n) is 11.4. The average Bonchev–Trinajstić information content (AvgIpc) is 3.67. The zero-order valence-corrected chi connectivity index (χ0v) is 29.2. The third-order valence-electron chi connectivity index (χ3n) is 7.87. The highest BCUT2D eigenvalue weighted by atomic mass is 32.2. The van der Waals surface area contributed by atoms with Crippen LogP contribution in [-0.2, 0) is 9.59 Å². The molecule has 3 N–H and O–H groups in total. The Hall–Kier alpha value is -6.52. The number of thioether (sulfide) groups is 1. The fourth-order valence-electron chi connectivity index (χ4n) is 5.23. The minimum Gasteiger partial charge on any atom is -0.497 e. The summed E-state index contributed by atoms with van der Waals surface area (Å²) in [6, 6.07) is 43.5. The maximum atomic E-state index is 13.8. The van der Waals surface area contributed by atoms with Crippen molar-refractivity contribution in [1.82, 2.24) is 5.32 Å². The van der Waals surface area contributed by atoms with Crippen molar-refractivity contribution in [2.75, 3.05) is 24.9 Å². The van der Waals surface area contributed by atoms with Crippen LogP contribution in [0.2, 0.25) is 0 Å². The summed E-state index contributed by atoms with van der Waals surface area (Å²) >= 11 is 1.36. The summed E-state index contributed by atoms with van der Waals surface area (Å²) in [5.41, 5.74) is 3.05. The van der Waals surface area contributed by atoms with Crippen LogP contribution in [0, 0.1) is 0 Å². The van der Waals surface area contributed by atoms with Crippen LogP contribution in [0.15, 0.2) is 161 Å². The first kappa shape index (κ1) is 35.3. The lowest BCUT2D eigenvalue weighted by molar-refractivity contribution is -0.116. The number of amides is 3. The molecular formula is C42H35N3O6S. The lowest BCUT2D eigenvalue weighted by Gasteiger charge is -2.19. The first-order valence-corrected chi connectivity index (χ1v) is 17.2. The van der Waals surface area contributed by atoms with Crippen molar-refractivity contribution in [3.63, 3.8) is 0 Å². The lowest BCUT2D eigenvalue weighted by Crippen LogP contribution is -2.30. The van der Waals surface area contributed by atoms with E-state index >= 15 is 0 Å². The SMILES string of the molecule is COc1ccc(OC)c(NC(=O)C(Sc2ccc(NC(=O)/C(=C\c3ccc(-c4ccccc4)o3)NC(=O)c3ccccc3)cc2)c2ccccc2)c1. The molecule has 3 amide bonds. The fraction of sp³-hybridized carbons (Fsp3) is 0.0714. The van der Waals surface area contributed by atoms with Gasteiger partial charge < -0.3 is 29.8 Å². The van der Waals surface area contributed by atoms with Gasteiger partial charge in [-0.05, 0) is 66.2 Å². The van der Waals surface area contributed by atoms with Crippen LogP contribution in [0.5, 0.6) is 11.5 Å². The summed E-state index contributed by atoms with van der Waals surface area (Å²) in [6.45, 7) is 0. The zero-order chi connectivity index (χ0) is 36.3. The highest BCUT2D eigenvalue weighted by molar-refractivity contribution is 8.00. The average molecular weight is 710 g/mol. The molecule has 52 heavy (non-hydrogen) atoms. The van der Waals surface area contributed by atoms with E-state index in [9.17, 15) is 14.4 Å². The first-order valence-electron chi connectivity index (χ1n) is 16.3. The van der Waals surface area contributed by atoms with Crippen LogP contribution in [-0.4, -0.2) is 31.9 Å². The number of nitrogens with one attached hydrogen (secondary N) is 3. The number of furan rings is 1. The van der Waals surface area contributed by atoms with Crippen molar-refractivity contribution < 1.29 is 28.3 Å². The monoisotopic (exact) mass is 709 g/mol. The summed E-state index contributed by atoms with van der Waals surface area (Å²) in [5.74, 6) is 0.855. The molecule has 1 atom stereocenters. The number of anilines is 2. The molecule has 260 valence electrons. The van der Waals surface area contributed by atoms with E-state index < -0.39 is 17.1 Å². The first-order chi connectivity index (χ1) is 25.4. The molecule has 6 aromatic rings. The molecular weight excluding hydrogens is 675 g/mol. The summed E-state index contributed by atoms with van der Waals surface area (Å²) < 4.78 is 16.8. The minimum atomic E-state index is -0.616. The second kappa shape index (κ2) is 16.9.